The van der Waals surface area contributed by atoms with E-state index in [2.05, 4.69) is 37.4 Å². The zero-order valence-electron chi connectivity index (χ0n) is 16.1. The highest BCUT2D eigenvalue weighted by molar-refractivity contribution is 5.81. The monoisotopic (exact) mass is 339 g/mol. The molecule has 2 aromatic rings. The van der Waals surface area contributed by atoms with E-state index in [9.17, 15) is 4.79 Å². The van der Waals surface area contributed by atoms with Crippen molar-refractivity contribution in [3.05, 3.63) is 64.2 Å². The van der Waals surface area contributed by atoms with Gasteiger partial charge in [-0.3, -0.25) is 4.79 Å². The van der Waals surface area contributed by atoms with Gasteiger partial charge >= 0.3 is 0 Å². The molecule has 0 saturated carbocycles. The number of benzene rings is 2. The highest BCUT2D eigenvalue weighted by Crippen LogP contribution is 2.23. The average Bonchev–Trinajstić information content (AvgIpc) is 2.55. The third kappa shape index (κ3) is 4.62. The number of nitrogens with one attached hydrogen (secondary N) is 1. The highest BCUT2D eigenvalue weighted by atomic mass is 16.5. The van der Waals surface area contributed by atoms with Crippen LogP contribution >= 0.6 is 0 Å². The van der Waals surface area contributed by atoms with Gasteiger partial charge in [0.05, 0.1) is 6.04 Å². The van der Waals surface area contributed by atoms with E-state index < -0.39 is 6.10 Å². The number of rotatable bonds is 6. The zero-order chi connectivity index (χ0) is 18.6. The van der Waals surface area contributed by atoms with Crippen LogP contribution in [0.25, 0.3) is 0 Å². The average molecular weight is 339 g/mol. The number of carbonyl (C=O) groups is 1. The van der Waals surface area contributed by atoms with Gasteiger partial charge < -0.3 is 10.1 Å². The molecule has 134 valence electrons. The van der Waals surface area contributed by atoms with Gasteiger partial charge in [-0.1, -0.05) is 42.8 Å². The van der Waals surface area contributed by atoms with E-state index in [0.717, 1.165) is 22.4 Å². The summed E-state index contributed by atoms with van der Waals surface area (Å²) < 4.78 is 6.01. The van der Waals surface area contributed by atoms with Crippen molar-refractivity contribution in [1.29, 1.82) is 0 Å². The van der Waals surface area contributed by atoms with E-state index in [1.807, 2.05) is 45.9 Å². The minimum absolute atomic E-state index is 0.0515. The fourth-order valence-corrected chi connectivity index (χ4v) is 3.02. The molecule has 2 unspecified atom stereocenters. The van der Waals surface area contributed by atoms with Gasteiger partial charge in [0, 0.05) is 0 Å². The molecule has 0 fully saturated rings. The third-order valence-corrected chi connectivity index (χ3v) is 4.74. The Morgan fingerprint density at radius 3 is 2.44 bits per heavy atom. The van der Waals surface area contributed by atoms with Gasteiger partial charge in [0.2, 0.25) is 0 Å². The van der Waals surface area contributed by atoms with Crippen molar-refractivity contribution >= 4 is 5.91 Å². The van der Waals surface area contributed by atoms with Crippen LogP contribution in [0.3, 0.4) is 0 Å². The number of amides is 1. The molecule has 0 saturated heterocycles. The van der Waals surface area contributed by atoms with Gasteiger partial charge in [-0.25, -0.2) is 0 Å². The van der Waals surface area contributed by atoms with Crippen LogP contribution < -0.4 is 10.1 Å². The van der Waals surface area contributed by atoms with E-state index in [0.29, 0.717) is 6.42 Å². The lowest BCUT2D eigenvalue weighted by atomic mass is 10.00. The van der Waals surface area contributed by atoms with Gasteiger partial charge in [-0.05, 0) is 69.4 Å². The van der Waals surface area contributed by atoms with E-state index in [4.69, 9.17) is 4.74 Å². The molecular weight excluding hydrogens is 310 g/mol. The lowest BCUT2D eigenvalue weighted by molar-refractivity contribution is -0.128. The molecule has 1 N–H and O–H groups in total. The molecule has 0 aliphatic rings. The van der Waals surface area contributed by atoms with Crippen LogP contribution in [0, 0.1) is 27.7 Å². The Balaban J connectivity index is 2.10. The van der Waals surface area contributed by atoms with Gasteiger partial charge in [0.15, 0.2) is 6.10 Å². The Bertz CT molecular complexity index is 752. The first-order valence-corrected chi connectivity index (χ1v) is 8.93. The second-order valence-corrected chi connectivity index (χ2v) is 6.80. The summed E-state index contributed by atoms with van der Waals surface area (Å²) >= 11 is 0. The molecule has 0 aromatic heterocycles. The first-order chi connectivity index (χ1) is 11.8. The van der Waals surface area contributed by atoms with Gasteiger partial charge in [-0.2, -0.15) is 0 Å². The quantitative estimate of drug-likeness (QED) is 0.808. The number of aryl methyl sites for hydroxylation is 3. The fraction of sp³-hybridized carbons (Fsp3) is 0.409. The largest absolute Gasteiger partial charge is 0.480 e. The molecule has 0 aliphatic heterocycles. The summed E-state index contributed by atoms with van der Waals surface area (Å²) in [6, 6.07) is 12.2. The van der Waals surface area contributed by atoms with Crippen LogP contribution in [0.1, 0.15) is 54.1 Å². The molecule has 0 bridgehead atoms. The molecule has 2 atom stereocenters. The van der Waals surface area contributed by atoms with E-state index in [1.165, 1.54) is 11.1 Å². The summed E-state index contributed by atoms with van der Waals surface area (Å²) in [5.74, 6) is 0.706. The number of carbonyl (C=O) groups excluding carboxylic acids is 1. The van der Waals surface area contributed by atoms with Crippen LogP contribution in [0.4, 0.5) is 0 Å². The van der Waals surface area contributed by atoms with Crippen molar-refractivity contribution in [3.63, 3.8) is 0 Å². The smallest absolute Gasteiger partial charge is 0.261 e. The molecule has 2 rings (SSSR count). The maximum absolute atomic E-state index is 12.7. The summed E-state index contributed by atoms with van der Waals surface area (Å²) in [6.45, 7) is 12.2. The molecular formula is C22H29NO2. The number of hydrogen-bond acceptors (Lipinski definition) is 2. The van der Waals surface area contributed by atoms with Gasteiger partial charge in [0.25, 0.3) is 5.91 Å². The molecule has 2 aromatic carbocycles. The molecule has 3 heteroatoms. The molecule has 25 heavy (non-hydrogen) atoms. The summed E-state index contributed by atoms with van der Waals surface area (Å²) in [5.41, 5.74) is 5.80. The third-order valence-electron chi connectivity index (χ3n) is 4.74. The summed E-state index contributed by atoms with van der Waals surface area (Å²) in [6.07, 6.45) is 0.132. The first kappa shape index (κ1) is 19.0. The molecule has 0 heterocycles. The lowest BCUT2D eigenvalue weighted by Crippen LogP contribution is -2.39. The fourth-order valence-electron chi connectivity index (χ4n) is 3.02. The molecule has 0 aliphatic carbocycles. The van der Waals surface area contributed by atoms with Crippen molar-refractivity contribution in [2.75, 3.05) is 0 Å². The van der Waals surface area contributed by atoms with Crippen molar-refractivity contribution in [3.8, 4) is 5.75 Å². The molecule has 1 amide bonds. The van der Waals surface area contributed by atoms with Crippen LogP contribution in [0.15, 0.2) is 36.4 Å². The predicted octanol–water partition coefficient (Wildman–Crippen LogP) is 4.96. The van der Waals surface area contributed by atoms with Crippen LogP contribution in [-0.4, -0.2) is 12.0 Å². The van der Waals surface area contributed by atoms with Crippen LogP contribution in [0.5, 0.6) is 5.75 Å². The SMILES string of the molecule is CCC(Oc1cccc(C)c1C)C(=O)NC(C)c1ccc(C)cc1C. The Kier molecular flexibility index (Phi) is 6.24. The summed E-state index contributed by atoms with van der Waals surface area (Å²) in [5, 5.41) is 3.10. The van der Waals surface area contributed by atoms with Crippen molar-refractivity contribution in [2.45, 2.75) is 60.1 Å². The minimum atomic E-state index is -0.492. The minimum Gasteiger partial charge on any atom is -0.480 e. The maximum atomic E-state index is 12.7. The van der Waals surface area contributed by atoms with E-state index in [1.54, 1.807) is 0 Å². The molecule has 0 spiro atoms. The Hall–Kier alpha value is -2.29. The number of ether oxygens (including phenoxy) is 1. The first-order valence-electron chi connectivity index (χ1n) is 8.93. The molecule has 3 nitrogen and oxygen atoms in total. The topological polar surface area (TPSA) is 38.3 Å². The predicted molar refractivity (Wildman–Crippen MR) is 103 cm³/mol. The van der Waals surface area contributed by atoms with Crippen LogP contribution in [-0.2, 0) is 4.79 Å². The Labute approximate surface area is 151 Å². The lowest BCUT2D eigenvalue weighted by Gasteiger charge is -2.23. The summed E-state index contributed by atoms with van der Waals surface area (Å²) in [7, 11) is 0. The van der Waals surface area contributed by atoms with Gasteiger partial charge in [0.1, 0.15) is 5.75 Å². The van der Waals surface area contributed by atoms with Gasteiger partial charge in [-0.15, -0.1) is 0 Å². The standard InChI is InChI=1S/C22H29NO2/c1-7-20(25-21-10-8-9-15(3)17(21)5)22(24)23-18(6)19-12-11-14(2)13-16(19)4/h8-13,18,20H,7H2,1-6H3,(H,23,24). The molecule has 0 radical (unpaired) electrons. The van der Waals surface area contributed by atoms with Crippen molar-refractivity contribution < 1.29 is 9.53 Å². The van der Waals surface area contributed by atoms with E-state index in [-0.39, 0.29) is 11.9 Å². The normalized spacial score (nSPS) is 13.2. The van der Waals surface area contributed by atoms with Crippen LogP contribution in [0.2, 0.25) is 0 Å². The Morgan fingerprint density at radius 1 is 1.08 bits per heavy atom. The highest BCUT2D eigenvalue weighted by Gasteiger charge is 2.22. The number of hydrogen-bond donors (Lipinski definition) is 1. The van der Waals surface area contributed by atoms with E-state index >= 15 is 0 Å². The maximum Gasteiger partial charge on any atom is 0.261 e. The summed E-state index contributed by atoms with van der Waals surface area (Å²) in [4.78, 5) is 12.7. The second kappa shape index (κ2) is 8.19. The van der Waals surface area contributed by atoms with Crippen molar-refractivity contribution in [1.82, 2.24) is 5.32 Å². The zero-order valence-corrected chi connectivity index (χ0v) is 16.1. The van der Waals surface area contributed by atoms with Crippen molar-refractivity contribution in [2.24, 2.45) is 0 Å². The Morgan fingerprint density at radius 2 is 1.80 bits per heavy atom. The second-order valence-electron chi connectivity index (χ2n) is 6.80.